The highest BCUT2D eigenvalue weighted by molar-refractivity contribution is 5.33. The van der Waals surface area contributed by atoms with E-state index in [0.29, 0.717) is 0 Å². The van der Waals surface area contributed by atoms with Crippen LogP contribution in [0.2, 0.25) is 0 Å². The number of aryl methyl sites for hydroxylation is 1. The van der Waals surface area contributed by atoms with Gasteiger partial charge in [-0.05, 0) is 50.0 Å². The van der Waals surface area contributed by atoms with Crippen molar-refractivity contribution >= 4 is 0 Å². The number of nitrogens with one attached hydrogen (secondary N) is 1. The zero-order valence-electron chi connectivity index (χ0n) is 11.3. The van der Waals surface area contributed by atoms with Crippen LogP contribution in [-0.2, 0) is 6.54 Å². The number of likely N-dealkylation sites (N-methyl/N-ethyl adjacent to an activating group) is 1. The van der Waals surface area contributed by atoms with E-state index in [2.05, 4.69) is 49.2 Å². The maximum Gasteiger partial charge on any atom is 0.0239 e. The van der Waals surface area contributed by atoms with Crippen molar-refractivity contribution < 1.29 is 0 Å². The summed E-state index contributed by atoms with van der Waals surface area (Å²) >= 11 is 0. The molecule has 1 atom stereocenters. The standard InChI is InChI=1S/C15H24N2/c1-4-17(15-8-9-16-10-15)11-14-7-5-6-12(2)13(14)3/h5-7,15-16H,4,8-11H2,1-3H3. The molecule has 0 amide bonds. The number of nitrogens with zero attached hydrogens (tertiary/aromatic N) is 1. The van der Waals surface area contributed by atoms with Gasteiger partial charge in [0.2, 0.25) is 0 Å². The van der Waals surface area contributed by atoms with E-state index in [1.165, 1.54) is 29.7 Å². The van der Waals surface area contributed by atoms with Crippen molar-refractivity contribution in [3.8, 4) is 0 Å². The summed E-state index contributed by atoms with van der Waals surface area (Å²) in [6.45, 7) is 11.3. The van der Waals surface area contributed by atoms with Crippen LogP contribution in [0.25, 0.3) is 0 Å². The van der Waals surface area contributed by atoms with Crippen molar-refractivity contribution in [2.45, 2.75) is 39.8 Å². The average Bonchev–Trinajstić information content (AvgIpc) is 2.85. The fraction of sp³-hybridized carbons (Fsp3) is 0.600. The molecule has 1 heterocycles. The summed E-state index contributed by atoms with van der Waals surface area (Å²) in [4.78, 5) is 2.60. The van der Waals surface area contributed by atoms with Crippen molar-refractivity contribution in [1.82, 2.24) is 10.2 Å². The lowest BCUT2D eigenvalue weighted by Crippen LogP contribution is -2.36. The maximum absolute atomic E-state index is 3.46. The molecule has 1 aliphatic heterocycles. The van der Waals surface area contributed by atoms with E-state index in [0.717, 1.165) is 25.7 Å². The quantitative estimate of drug-likeness (QED) is 0.858. The monoisotopic (exact) mass is 232 g/mol. The van der Waals surface area contributed by atoms with Crippen LogP contribution in [-0.4, -0.2) is 30.6 Å². The third-order valence-corrected chi connectivity index (χ3v) is 4.05. The van der Waals surface area contributed by atoms with Gasteiger partial charge in [-0.15, -0.1) is 0 Å². The molecule has 0 radical (unpaired) electrons. The molecule has 17 heavy (non-hydrogen) atoms. The number of hydrogen-bond acceptors (Lipinski definition) is 2. The van der Waals surface area contributed by atoms with Crippen LogP contribution in [0.15, 0.2) is 18.2 Å². The van der Waals surface area contributed by atoms with Crippen molar-refractivity contribution in [1.29, 1.82) is 0 Å². The Labute approximate surface area is 105 Å². The number of hydrogen-bond donors (Lipinski definition) is 1. The molecule has 94 valence electrons. The number of benzene rings is 1. The summed E-state index contributed by atoms with van der Waals surface area (Å²) in [5.74, 6) is 0. The van der Waals surface area contributed by atoms with Crippen LogP contribution in [0.3, 0.4) is 0 Å². The van der Waals surface area contributed by atoms with E-state index in [-0.39, 0.29) is 0 Å². The molecule has 0 aromatic heterocycles. The zero-order valence-corrected chi connectivity index (χ0v) is 11.3. The molecule has 1 N–H and O–H groups in total. The van der Waals surface area contributed by atoms with Crippen LogP contribution in [0, 0.1) is 13.8 Å². The molecule has 1 aromatic rings. The third kappa shape index (κ3) is 2.88. The van der Waals surface area contributed by atoms with Gasteiger partial charge in [-0.2, -0.15) is 0 Å². The van der Waals surface area contributed by atoms with E-state index < -0.39 is 0 Å². The Morgan fingerprint density at radius 1 is 1.35 bits per heavy atom. The first-order valence-corrected chi connectivity index (χ1v) is 6.72. The summed E-state index contributed by atoms with van der Waals surface area (Å²) in [5.41, 5.74) is 4.35. The lowest BCUT2D eigenvalue weighted by Gasteiger charge is -2.27. The van der Waals surface area contributed by atoms with Crippen molar-refractivity contribution in [3.05, 3.63) is 34.9 Å². The van der Waals surface area contributed by atoms with Gasteiger partial charge in [-0.25, -0.2) is 0 Å². The summed E-state index contributed by atoms with van der Waals surface area (Å²) in [6, 6.07) is 7.37. The second kappa shape index (κ2) is 5.65. The molecule has 1 saturated heterocycles. The average molecular weight is 232 g/mol. The minimum atomic E-state index is 0.722. The minimum absolute atomic E-state index is 0.722. The second-order valence-corrected chi connectivity index (χ2v) is 5.07. The normalized spacial score (nSPS) is 20.1. The molecule has 1 fully saturated rings. The first kappa shape index (κ1) is 12.6. The Bertz CT molecular complexity index is 367. The van der Waals surface area contributed by atoms with Gasteiger partial charge in [0.05, 0.1) is 0 Å². The molecular formula is C15H24N2. The lowest BCUT2D eigenvalue weighted by atomic mass is 10.0. The molecule has 0 bridgehead atoms. The summed E-state index contributed by atoms with van der Waals surface area (Å²) in [6.07, 6.45) is 1.29. The van der Waals surface area contributed by atoms with Crippen molar-refractivity contribution in [3.63, 3.8) is 0 Å². The molecule has 1 unspecified atom stereocenters. The van der Waals surface area contributed by atoms with Gasteiger partial charge in [0.15, 0.2) is 0 Å². The van der Waals surface area contributed by atoms with Crippen LogP contribution < -0.4 is 5.32 Å². The Balaban J connectivity index is 2.09. The van der Waals surface area contributed by atoms with Crippen LogP contribution in [0.5, 0.6) is 0 Å². The Morgan fingerprint density at radius 3 is 2.82 bits per heavy atom. The van der Waals surface area contributed by atoms with Crippen LogP contribution >= 0.6 is 0 Å². The molecule has 1 aliphatic rings. The zero-order chi connectivity index (χ0) is 12.3. The second-order valence-electron chi connectivity index (χ2n) is 5.07. The fourth-order valence-corrected chi connectivity index (χ4v) is 2.65. The smallest absolute Gasteiger partial charge is 0.0239 e. The van der Waals surface area contributed by atoms with Gasteiger partial charge in [0, 0.05) is 19.1 Å². The lowest BCUT2D eigenvalue weighted by molar-refractivity contribution is 0.210. The fourth-order valence-electron chi connectivity index (χ4n) is 2.65. The molecule has 0 spiro atoms. The highest BCUT2D eigenvalue weighted by atomic mass is 15.2. The van der Waals surface area contributed by atoms with E-state index >= 15 is 0 Å². The van der Waals surface area contributed by atoms with Crippen LogP contribution in [0.4, 0.5) is 0 Å². The van der Waals surface area contributed by atoms with Crippen molar-refractivity contribution in [2.75, 3.05) is 19.6 Å². The summed E-state index contributed by atoms with van der Waals surface area (Å²) in [5, 5.41) is 3.46. The third-order valence-electron chi connectivity index (χ3n) is 4.05. The maximum atomic E-state index is 3.46. The molecule has 2 heteroatoms. The topological polar surface area (TPSA) is 15.3 Å². The molecule has 2 nitrogen and oxygen atoms in total. The highest BCUT2D eigenvalue weighted by Crippen LogP contribution is 2.18. The molecule has 0 saturated carbocycles. The van der Waals surface area contributed by atoms with Gasteiger partial charge in [0.25, 0.3) is 0 Å². The Hall–Kier alpha value is -0.860. The first-order chi connectivity index (χ1) is 8.22. The van der Waals surface area contributed by atoms with E-state index in [1.54, 1.807) is 0 Å². The Kier molecular flexibility index (Phi) is 4.19. The number of rotatable bonds is 4. The first-order valence-electron chi connectivity index (χ1n) is 6.72. The summed E-state index contributed by atoms with van der Waals surface area (Å²) in [7, 11) is 0. The molecule has 1 aromatic carbocycles. The van der Waals surface area contributed by atoms with Crippen molar-refractivity contribution in [2.24, 2.45) is 0 Å². The van der Waals surface area contributed by atoms with Gasteiger partial charge in [-0.3, -0.25) is 4.90 Å². The molecular weight excluding hydrogens is 208 g/mol. The minimum Gasteiger partial charge on any atom is -0.315 e. The predicted octanol–water partition coefficient (Wildman–Crippen LogP) is 2.49. The van der Waals surface area contributed by atoms with Gasteiger partial charge >= 0.3 is 0 Å². The molecule has 0 aliphatic carbocycles. The summed E-state index contributed by atoms with van der Waals surface area (Å²) < 4.78 is 0. The highest BCUT2D eigenvalue weighted by Gasteiger charge is 2.21. The van der Waals surface area contributed by atoms with E-state index in [1.807, 2.05) is 0 Å². The molecule has 2 rings (SSSR count). The predicted molar refractivity (Wildman–Crippen MR) is 73.3 cm³/mol. The van der Waals surface area contributed by atoms with Gasteiger partial charge in [0.1, 0.15) is 0 Å². The SMILES string of the molecule is CCN(Cc1cccc(C)c1C)C1CCNC1. The largest absolute Gasteiger partial charge is 0.315 e. The van der Waals surface area contributed by atoms with Gasteiger partial charge < -0.3 is 5.32 Å². The van der Waals surface area contributed by atoms with E-state index in [4.69, 9.17) is 0 Å². The van der Waals surface area contributed by atoms with E-state index in [9.17, 15) is 0 Å². The van der Waals surface area contributed by atoms with Gasteiger partial charge in [-0.1, -0.05) is 25.1 Å². The van der Waals surface area contributed by atoms with Crippen LogP contribution in [0.1, 0.15) is 30.0 Å². The Morgan fingerprint density at radius 2 is 2.18 bits per heavy atom.